The van der Waals surface area contributed by atoms with Crippen LogP contribution in [0.5, 0.6) is 0 Å². The standard InChI is InChI=1S/C16H20INO3/c1-18-12-6-7-14(18)16(21-9-15(19)20)13(8-12)10-2-4-11(17)5-3-10/h2-5,12-14,16H,6-9H2,1H3,(H,19,20)/t12?,13-,14?,16+/m1/s1. The van der Waals surface area contributed by atoms with Crippen LogP contribution in [-0.2, 0) is 9.53 Å². The molecule has 2 fully saturated rings. The predicted octanol–water partition coefficient (Wildman–Crippen LogP) is 2.71. The Morgan fingerprint density at radius 1 is 1.38 bits per heavy atom. The van der Waals surface area contributed by atoms with Gasteiger partial charge in [0.05, 0.1) is 6.10 Å². The van der Waals surface area contributed by atoms with Gasteiger partial charge in [0.2, 0.25) is 0 Å². The van der Waals surface area contributed by atoms with Gasteiger partial charge in [0.15, 0.2) is 0 Å². The zero-order valence-corrected chi connectivity index (χ0v) is 14.2. The minimum Gasteiger partial charge on any atom is -0.480 e. The van der Waals surface area contributed by atoms with Crippen LogP contribution in [0.25, 0.3) is 0 Å². The third-order valence-electron chi connectivity index (χ3n) is 4.89. The predicted molar refractivity (Wildman–Crippen MR) is 88.5 cm³/mol. The van der Waals surface area contributed by atoms with Crippen LogP contribution in [0, 0.1) is 3.57 Å². The van der Waals surface area contributed by atoms with Gasteiger partial charge in [-0.2, -0.15) is 0 Å². The highest BCUT2D eigenvalue weighted by Gasteiger charge is 2.46. The number of rotatable bonds is 4. The maximum Gasteiger partial charge on any atom is 0.329 e. The van der Waals surface area contributed by atoms with Gasteiger partial charge in [-0.3, -0.25) is 4.90 Å². The Bertz CT molecular complexity index is 519. The van der Waals surface area contributed by atoms with Crippen LogP contribution in [0.15, 0.2) is 24.3 Å². The quantitative estimate of drug-likeness (QED) is 0.789. The lowest BCUT2D eigenvalue weighted by molar-refractivity contribution is -0.147. The molecule has 4 atom stereocenters. The molecule has 0 spiro atoms. The second-order valence-corrected chi connectivity index (χ2v) is 7.27. The van der Waals surface area contributed by atoms with Crippen LogP contribution in [0.2, 0.25) is 0 Å². The number of ether oxygens (including phenoxy) is 1. The van der Waals surface area contributed by atoms with Crippen molar-refractivity contribution < 1.29 is 14.6 Å². The van der Waals surface area contributed by atoms with E-state index in [0.29, 0.717) is 18.0 Å². The van der Waals surface area contributed by atoms with Crippen LogP contribution in [-0.4, -0.2) is 47.8 Å². The highest BCUT2D eigenvalue weighted by molar-refractivity contribution is 14.1. The lowest BCUT2D eigenvalue weighted by Gasteiger charge is -2.42. The second kappa shape index (κ2) is 6.22. The molecule has 0 amide bonds. The Balaban J connectivity index is 1.85. The fourth-order valence-corrected chi connectivity index (χ4v) is 4.21. The first kappa shape index (κ1) is 15.2. The molecule has 0 aliphatic carbocycles. The van der Waals surface area contributed by atoms with Crippen LogP contribution in [0.3, 0.4) is 0 Å². The number of benzene rings is 1. The molecule has 2 heterocycles. The lowest BCUT2D eigenvalue weighted by atomic mass is 9.83. The minimum absolute atomic E-state index is 0.0232. The van der Waals surface area contributed by atoms with Crippen molar-refractivity contribution in [3.63, 3.8) is 0 Å². The molecule has 1 N–H and O–H groups in total. The second-order valence-electron chi connectivity index (χ2n) is 6.03. The molecule has 1 aromatic rings. The third-order valence-corrected chi connectivity index (χ3v) is 5.61. The highest BCUT2D eigenvalue weighted by Crippen LogP contribution is 2.43. The van der Waals surface area contributed by atoms with Gasteiger partial charge in [0, 0.05) is 21.6 Å². The summed E-state index contributed by atoms with van der Waals surface area (Å²) >= 11 is 2.30. The number of carboxylic acid groups (broad SMARTS) is 1. The van der Waals surface area contributed by atoms with Gasteiger partial charge in [-0.05, 0) is 66.6 Å². The molecule has 1 aromatic carbocycles. The fraction of sp³-hybridized carbons (Fsp3) is 0.562. The molecular weight excluding hydrogens is 381 g/mol. The maximum absolute atomic E-state index is 10.9. The van der Waals surface area contributed by atoms with Crippen molar-refractivity contribution in [2.45, 2.75) is 43.4 Å². The van der Waals surface area contributed by atoms with E-state index < -0.39 is 5.97 Å². The average Bonchev–Trinajstić information content (AvgIpc) is 2.70. The van der Waals surface area contributed by atoms with Crippen molar-refractivity contribution in [3.8, 4) is 0 Å². The van der Waals surface area contributed by atoms with Gasteiger partial charge in [0.25, 0.3) is 0 Å². The van der Waals surface area contributed by atoms with Crippen LogP contribution < -0.4 is 0 Å². The van der Waals surface area contributed by atoms with Crippen LogP contribution in [0.1, 0.15) is 30.7 Å². The average molecular weight is 401 g/mol. The largest absolute Gasteiger partial charge is 0.480 e. The number of nitrogens with zero attached hydrogens (tertiary/aromatic N) is 1. The van der Waals surface area contributed by atoms with Crippen LogP contribution >= 0.6 is 22.6 Å². The number of carboxylic acids is 1. The molecule has 2 aliphatic heterocycles. The van der Waals surface area contributed by atoms with Gasteiger partial charge in [-0.25, -0.2) is 4.79 Å². The Hall–Kier alpha value is -0.660. The van der Waals surface area contributed by atoms with Crippen LogP contribution in [0.4, 0.5) is 0 Å². The lowest BCUT2D eigenvalue weighted by Crippen LogP contribution is -2.50. The summed E-state index contributed by atoms with van der Waals surface area (Å²) in [5.74, 6) is -0.589. The summed E-state index contributed by atoms with van der Waals surface area (Å²) in [6.45, 7) is -0.208. The van der Waals surface area contributed by atoms with E-state index in [2.05, 4.69) is 58.8 Å². The first-order valence-electron chi connectivity index (χ1n) is 7.37. The molecule has 2 saturated heterocycles. The smallest absolute Gasteiger partial charge is 0.329 e. The Morgan fingerprint density at radius 2 is 2.10 bits per heavy atom. The number of hydrogen-bond donors (Lipinski definition) is 1. The highest BCUT2D eigenvalue weighted by atomic mass is 127. The summed E-state index contributed by atoms with van der Waals surface area (Å²) in [5, 5.41) is 8.93. The summed E-state index contributed by atoms with van der Waals surface area (Å²) in [7, 11) is 2.14. The summed E-state index contributed by atoms with van der Waals surface area (Å²) in [5.41, 5.74) is 1.27. The Kier molecular flexibility index (Phi) is 4.51. The molecule has 3 rings (SSSR count). The van der Waals surface area contributed by atoms with E-state index in [-0.39, 0.29) is 12.7 Å². The topological polar surface area (TPSA) is 49.8 Å². The van der Waals surface area contributed by atoms with Crippen molar-refractivity contribution in [2.24, 2.45) is 0 Å². The van der Waals surface area contributed by atoms with E-state index in [0.717, 1.165) is 12.8 Å². The molecule has 0 aromatic heterocycles. The summed E-state index contributed by atoms with van der Waals surface area (Å²) in [4.78, 5) is 13.3. The van der Waals surface area contributed by atoms with E-state index in [1.165, 1.54) is 15.6 Å². The van der Waals surface area contributed by atoms with E-state index in [9.17, 15) is 4.79 Å². The monoisotopic (exact) mass is 401 g/mol. The van der Waals surface area contributed by atoms with Gasteiger partial charge < -0.3 is 9.84 Å². The molecular formula is C16H20INO3. The zero-order chi connectivity index (χ0) is 15.0. The van der Waals surface area contributed by atoms with Crippen molar-refractivity contribution in [3.05, 3.63) is 33.4 Å². The number of hydrogen-bond acceptors (Lipinski definition) is 3. The summed E-state index contributed by atoms with van der Waals surface area (Å²) in [6.07, 6.45) is 3.32. The van der Waals surface area contributed by atoms with Crippen molar-refractivity contribution in [1.82, 2.24) is 4.90 Å². The first-order chi connectivity index (χ1) is 10.1. The van der Waals surface area contributed by atoms with Gasteiger partial charge in [0.1, 0.15) is 6.61 Å². The molecule has 0 radical (unpaired) electrons. The molecule has 114 valence electrons. The van der Waals surface area contributed by atoms with Crippen molar-refractivity contribution in [2.75, 3.05) is 13.7 Å². The van der Waals surface area contributed by atoms with E-state index in [4.69, 9.17) is 9.84 Å². The number of halogens is 1. The Labute approximate surface area is 138 Å². The van der Waals surface area contributed by atoms with Gasteiger partial charge in [-0.15, -0.1) is 0 Å². The van der Waals surface area contributed by atoms with E-state index in [1.54, 1.807) is 0 Å². The minimum atomic E-state index is -0.890. The number of aliphatic carboxylic acids is 1. The number of piperidine rings is 1. The molecule has 2 unspecified atom stereocenters. The van der Waals surface area contributed by atoms with Gasteiger partial charge in [-0.1, -0.05) is 12.1 Å². The molecule has 21 heavy (non-hydrogen) atoms. The Morgan fingerprint density at radius 3 is 2.76 bits per heavy atom. The summed E-state index contributed by atoms with van der Waals surface area (Å²) in [6, 6.07) is 9.49. The number of fused-ring (bicyclic) bond motifs is 2. The molecule has 2 bridgehead atoms. The third kappa shape index (κ3) is 3.10. The maximum atomic E-state index is 10.9. The normalized spacial score (nSPS) is 32.3. The first-order valence-corrected chi connectivity index (χ1v) is 8.45. The number of carbonyl (C=O) groups is 1. The van der Waals surface area contributed by atoms with E-state index >= 15 is 0 Å². The van der Waals surface area contributed by atoms with Crippen molar-refractivity contribution >= 4 is 28.6 Å². The molecule has 4 nitrogen and oxygen atoms in total. The van der Waals surface area contributed by atoms with E-state index in [1.807, 2.05) is 0 Å². The summed E-state index contributed by atoms with van der Waals surface area (Å²) < 4.78 is 7.02. The molecule has 5 heteroatoms. The SMILES string of the molecule is CN1C2CCC1[C@@H](OCC(=O)O)[C@@H](c1ccc(I)cc1)C2. The molecule has 0 saturated carbocycles. The van der Waals surface area contributed by atoms with Gasteiger partial charge >= 0.3 is 5.97 Å². The molecule has 2 aliphatic rings. The van der Waals surface area contributed by atoms with Crippen molar-refractivity contribution in [1.29, 1.82) is 0 Å². The number of likely N-dealkylation sites (N-methyl/N-ethyl adjacent to an activating group) is 1. The fourth-order valence-electron chi connectivity index (χ4n) is 3.85. The zero-order valence-electron chi connectivity index (χ0n) is 12.0.